The molecule has 0 spiro atoms. The van der Waals surface area contributed by atoms with Crippen molar-refractivity contribution in [1.82, 2.24) is 9.55 Å². The second-order valence-corrected chi connectivity index (χ2v) is 4.00. The third-order valence-corrected chi connectivity index (χ3v) is 2.58. The number of aliphatic hydroxyl groups is 1. The van der Waals surface area contributed by atoms with E-state index in [2.05, 4.69) is 22.1 Å². The minimum Gasteiger partial charge on any atom is -0.384 e. The van der Waals surface area contributed by atoms with Gasteiger partial charge in [-0.3, -0.25) is 4.79 Å². The van der Waals surface area contributed by atoms with Gasteiger partial charge < -0.3 is 15.0 Å². The number of benzene rings is 1. The van der Waals surface area contributed by atoms with Gasteiger partial charge in [-0.05, 0) is 18.2 Å². The van der Waals surface area contributed by atoms with Crippen LogP contribution in [-0.2, 0) is 7.05 Å². The number of carbonyl (C=O) groups excluding carboxylic acids is 1. The smallest absolute Gasteiger partial charge is 0.273 e. The van der Waals surface area contributed by atoms with Gasteiger partial charge >= 0.3 is 0 Å². The fraction of sp³-hybridized carbons (Fsp3) is 0.143. The molecule has 0 aliphatic heterocycles. The van der Waals surface area contributed by atoms with Gasteiger partial charge in [0, 0.05) is 12.7 Å². The van der Waals surface area contributed by atoms with Gasteiger partial charge in [0.1, 0.15) is 18.1 Å². The van der Waals surface area contributed by atoms with E-state index in [4.69, 9.17) is 5.11 Å². The Labute approximate surface area is 115 Å². The number of aromatic nitrogens is 2. The van der Waals surface area contributed by atoms with Crippen molar-refractivity contribution in [2.45, 2.75) is 0 Å². The van der Waals surface area contributed by atoms with E-state index in [-0.39, 0.29) is 18.1 Å². The molecule has 0 atom stereocenters. The lowest BCUT2D eigenvalue weighted by atomic mass is 10.2. The largest absolute Gasteiger partial charge is 0.384 e. The van der Waals surface area contributed by atoms with Crippen molar-refractivity contribution < 1.29 is 14.3 Å². The van der Waals surface area contributed by atoms with Crippen LogP contribution in [0.25, 0.3) is 0 Å². The maximum Gasteiger partial charge on any atom is 0.273 e. The molecular formula is C14H12FN3O2. The molecule has 2 rings (SSSR count). The van der Waals surface area contributed by atoms with Crippen LogP contribution >= 0.6 is 0 Å². The van der Waals surface area contributed by atoms with Gasteiger partial charge in [0.15, 0.2) is 0 Å². The molecule has 0 aliphatic rings. The van der Waals surface area contributed by atoms with E-state index in [9.17, 15) is 9.18 Å². The topological polar surface area (TPSA) is 67.2 Å². The van der Waals surface area contributed by atoms with Gasteiger partial charge in [-0.1, -0.05) is 11.8 Å². The molecule has 0 unspecified atom stereocenters. The van der Waals surface area contributed by atoms with Gasteiger partial charge in [-0.15, -0.1) is 0 Å². The van der Waals surface area contributed by atoms with Crippen LogP contribution in [0.3, 0.4) is 0 Å². The summed E-state index contributed by atoms with van der Waals surface area (Å²) in [6, 6.07) is 4.16. The zero-order valence-corrected chi connectivity index (χ0v) is 10.7. The number of rotatable bonds is 2. The maximum absolute atomic E-state index is 13.7. The Morgan fingerprint density at radius 2 is 2.35 bits per heavy atom. The van der Waals surface area contributed by atoms with Crippen molar-refractivity contribution in [3.8, 4) is 11.8 Å². The van der Waals surface area contributed by atoms with Crippen molar-refractivity contribution in [3.63, 3.8) is 0 Å². The normalized spacial score (nSPS) is 9.75. The number of hydrogen-bond donors (Lipinski definition) is 2. The summed E-state index contributed by atoms with van der Waals surface area (Å²) in [7, 11) is 1.69. The predicted molar refractivity (Wildman–Crippen MR) is 71.5 cm³/mol. The van der Waals surface area contributed by atoms with Crippen molar-refractivity contribution in [2.75, 3.05) is 11.9 Å². The van der Waals surface area contributed by atoms with Crippen LogP contribution in [0.2, 0.25) is 0 Å². The average Bonchev–Trinajstić information content (AvgIpc) is 2.84. The van der Waals surface area contributed by atoms with Crippen molar-refractivity contribution in [3.05, 3.63) is 47.8 Å². The van der Waals surface area contributed by atoms with Crippen LogP contribution in [0.5, 0.6) is 0 Å². The Bertz CT molecular complexity index is 698. The quantitative estimate of drug-likeness (QED) is 0.807. The maximum atomic E-state index is 13.7. The second kappa shape index (κ2) is 5.99. The highest BCUT2D eigenvalue weighted by Crippen LogP contribution is 2.14. The molecule has 0 saturated carbocycles. The molecule has 5 nitrogen and oxygen atoms in total. The van der Waals surface area contributed by atoms with Crippen LogP contribution in [0.15, 0.2) is 30.7 Å². The van der Waals surface area contributed by atoms with E-state index in [1.54, 1.807) is 17.7 Å². The molecule has 2 aromatic rings. The molecule has 20 heavy (non-hydrogen) atoms. The molecule has 0 fully saturated rings. The van der Waals surface area contributed by atoms with Crippen LogP contribution in [0.4, 0.5) is 10.1 Å². The lowest BCUT2D eigenvalue weighted by molar-refractivity contribution is 0.101. The van der Waals surface area contributed by atoms with Crippen LogP contribution < -0.4 is 5.32 Å². The Hall–Kier alpha value is -2.65. The fourth-order valence-electron chi connectivity index (χ4n) is 1.60. The molecule has 1 aromatic heterocycles. The van der Waals surface area contributed by atoms with Crippen molar-refractivity contribution >= 4 is 11.6 Å². The minimum absolute atomic E-state index is 0.164. The van der Waals surface area contributed by atoms with E-state index >= 15 is 0 Å². The monoisotopic (exact) mass is 273 g/mol. The van der Waals surface area contributed by atoms with Gasteiger partial charge in [-0.25, -0.2) is 9.37 Å². The summed E-state index contributed by atoms with van der Waals surface area (Å²) >= 11 is 0. The molecule has 0 bridgehead atoms. The van der Waals surface area contributed by atoms with Gasteiger partial charge in [0.25, 0.3) is 5.91 Å². The summed E-state index contributed by atoms with van der Waals surface area (Å²) in [6.07, 6.45) is 2.93. The van der Waals surface area contributed by atoms with Gasteiger partial charge in [0.2, 0.25) is 0 Å². The standard InChI is InChI=1S/C14H12FN3O2/c1-18-9-16-8-13(18)14(20)17-11-5-4-10(3-2-6-19)12(15)7-11/h4-5,7-9,19H,6H2,1H3,(H,17,20). The summed E-state index contributed by atoms with van der Waals surface area (Å²) in [5.41, 5.74) is 0.857. The first-order chi connectivity index (χ1) is 9.61. The number of aryl methyl sites for hydroxylation is 1. The molecule has 1 heterocycles. The highest BCUT2D eigenvalue weighted by molar-refractivity contribution is 6.02. The second-order valence-electron chi connectivity index (χ2n) is 4.00. The third-order valence-electron chi connectivity index (χ3n) is 2.58. The Morgan fingerprint density at radius 3 is 2.95 bits per heavy atom. The summed E-state index contributed by atoms with van der Waals surface area (Å²) in [5, 5.41) is 11.1. The first kappa shape index (κ1) is 13.8. The van der Waals surface area contributed by atoms with E-state index in [1.165, 1.54) is 24.7 Å². The zero-order valence-electron chi connectivity index (χ0n) is 10.7. The molecule has 2 N–H and O–H groups in total. The number of amides is 1. The highest BCUT2D eigenvalue weighted by Gasteiger charge is 2.10. The molecule has 1 aromatic carbocycles. The molecule has 0 radical (unpaired) electrons. The molecule has 0 saturated heterocycles. The number of nitrogens with zero attached hydrogens (tertiary/aromatic N) is 2. The van der Waals surface area contributed by atoms with Crippen molar-refractivity contribution in [2.24, 2.45) is 7.05 Å². The molecule has 102 valence electrons. The summed E-state index contributed by atoms with van der Waals surface area (Å²) in [5.74, 6) is 3.90. The summed E-state index contributed by atoms with van der Waals surface area (Å²) in [6.45, 7) is -0.335. The zero-order chi connectivity index (χ0) is 14.5. The number of hydrogen-bond acceptors (Lipinski definition) is 3. The van der Waals surface area contributed by atoms with E-state index in [0.29, 0.717) is 11.4 Å². The van der Waals surface area contributed by atoms with Crippen LogP contribution in [-0.4, -0.2) is 27.2 Å². The third kappa shape index (κ3) is 3.02. The van der Waals surface area contributed by atoms with Gasteiger partial charge in [0.05, 0.1) is 18.1 Å². The SMILES string of the molecule is Cn1cncc1C(=O)Nc1ccc(C#CCO)c(F)c1. The number of imidazole rings is 1. The lowest BCUT2D eigenvalue weighted by Gasteiger charge is -2.06. The predicted octanol–water partition coefficient (Wildman–Crippen LogP) is 1.16. The van der Waals surface area contributed by atoms with Crippen LogP contribution in [0, 0.1) is 17.7 Å². The summed E-state index contributed by atoms with van der Waals surface area (Å²) in [4.78, 5) is 15.7. The highest BCUT2D eigenvalue weighted by atomic mass is 19.1. The number of nitrogens with one attached hydrogen (secondary N) is 1. The number of carbonyl (C=O) groups is 1. The Morgan fingerprint density at radius 1 is 1.55 bits per heavy atom. The Balaban J connectivity index is 2.17. The average molecular weight is 273 g/mol. The molecule has 0 aliphatic carbocycles. The lowest BCUT2D eigenvalue weighted by Crippen LogP contribution is -2.15. The van der Waals surface area contributed by atoms with E-state index < -0.39 is 5.82 Å². The van der Waals surface area contributed by atoms with Crippen molar-refractivity contribution in [1.29, 1.82) is 0 Å². The number of aliphatic hydroxyl groups excluding tert-OH is 1. The Kier molecular flexibility index (Phi) is 4.13. The molecule has 1 amide bonds. The van der Waals surface area contributed by atoms with E-state index in [0.717, 1.165) is 0 Å². The number of anilines is 1. The first-order valence-electron chi connectivity index (χ1n) is 5.79. The van der Waals surface area contributed by atoms with Gasteiger partial charge in [-0.2, -0.15) is 0 Å². The van der Waals surface area contributed by atoms with Crippen LogP contribution in [0.1, 0.15) is 16.1 Å². The van der Waals surface area contributed by atoms with E-state index in [1.807, 2.05) is 0 Å². The fourth-order valence-corrected chi connectivity index (χ4v) is 1.60. The molecule has 6 heteroatoms. The number of halogens is 1. The summed E-state index contributed by atoms with van der Waals surface area (Å²) < 4.78 is 15.3. The molecular weight excluding hydrogens is 261 g/mol. The minimum atomic E-state index is -0.561. The first-order valence-corrected chi connectivity index (χ1v) is 5.79.